The average molecular weight is 386 g/mol. The highest BCUT2D eigenvalue weighted by molar-refractivity contribution is 5.93. The molecule has 1 saturated heterocycles. The molecule has 8 nitrogen and oxygen atoms in total. The fraction of sp³-hybridized carbons (Fsp3) is 0.600. The average Bonchev–Trinajstić information content (AvgIpc) is 3.13. The van der Waals surface area contributed by atoms with Crippen LogP contribution in [0, 0.1) is 12.8 Å². The third-order valence-corrected chi connectivity index (χ3v) is 5.06. The predicted octanol–water partition coefficient (Wildman–Crippen LogP) is 3.08. The lowest BCUT2D eigenvalue weighted by atomic mass is 10.0. The Bertz CT molecular complexity index is 854. The van der Waals surface area contributed by atoms with E-state index in [-0.39, 0.29) is 12.0 Å². The number of amides is 1. The lowest BCUT2D eigenvalue weighted by Crippen LogP contribution is -2.42. The number of hydrogen-bond acceptors (Lipinski definition) is 7. The van der Waals surface area contributed by atoms with Gasteiger partial charge in [-0.15, -0.1) is 0 Å². The molecule has 2 aromatic rings. The van der Waals surface area contributed by atoms with Gasteiger partial charge in [-0.25, -0.2) is 4.98 Å². The number of ether oxygens (including phenoxy) is 2. The predicted molar refractivity (Wildman–Crippen MR) is 99.9 cm³/mol. The van der Waals surface area contributed by atoms with Crippen LogP contribution < -0.4 is 10.1 Å². The van der Waals surface area contributed by atoms with Crippen molar-refractivity contribution in [2.45, 2.75) is 58.1 Å². The number of aryl methyl sites for hydroxylation is 1. The van der Waals surface area contributed by atoms with Crippen molar-refractivity contribution in [1.29, 1.82) is 0 Å². The van der Waals surface area contributed by atoms with Gasteiger partial charge in [-0.05, 0) is 57.6 Å². The molecule has 0 bridgehead atoms. The number of hydrogen-bond donors (Lipinski definition) is 1. The second-order valence-electron chi connectivity index (χ2n) is 8.06. The second kappa shape index (κ2) is 7.50. The summed E-state index contributed by atoms with van der Waals surface area (Å²) < 4.78 is 16.8. The van der Waals surface area contributed by atoms with Gasteiger partial charge in [0.2, 0.25) is 11.8 Å². The van der Waals surface area contributed by atoms with Crippen LogP contribution in [0.15, 0.2) is 16.7 Å². The maximum absolute atomic E-state index is 12.8. The number of rotatable bonds is 7. The van der Waals surface area contributed by atoms with Crippen LogP contribution in [0.2, 0.25) is 0 Å². The van der Waals surface area contributed by atoms with Crippen LogP contribution in [0.25, 0.3) is 0 Å². The maximum atomic E-state index is 12.8. The zero-order valence-electron chi connectivity index (χ0n) is 16.5. The van der Waals surface area contributed by atoms with Crippen molar-refractivity contribution in [2.24, 2.45) is 5.92 Å². The van der Waals surface area contributed by atoms with Crippen molar-refractivity contribution in [1.82, 2.24) is 20.4 Å². The summed E-state index contributed by atoms with van der Waals surface area (Å²) in [6, 6.07) is 3.61. The van der Waals surface area contributed by atoms with Crippen LogP contribution in [0.4, 0.5) is 0 Å². The van der Waals surface area contributed by atoms with Crippen LogP contribution in [0.5, 0.6) is 5.88 Å². The molecule has 1 aliphatic heterocycles. The molecule has 2 fully saturated rings. The third-order valence-electron chi connectivity index (χ3n) is 5.06. The highest BCUT2D eigenvalue weighted by Crippen LogP contribution is 2.35. The van der Waals surface area contributed by atoms with Gasteiger partial charge in [0.1, 0.15) is 5.69 Å². The molecule has 4 rings (SSSR count). The molecule has 2 aliphatic rings. The summed E-state index contributed by atoms with van der Waals surface area (Å²) in [5.74, 6) is 1.64. The highest BCUT2D eigenvalue weighted by Gasteiger charge is 2.31. The zero-order valence-corrected chi connectivity index (χ0v) is 16.5. The topological polar surface area (TPSA) is 99.4 Å². The molecule has 1 unspecified atom stereocenters. The van der Waals surface area contributed by atoms with Gasteiger partial charge in [0.25, 0.3) is 5.91 Å². The van der Waals surface area contributed by atoms with Gasteiger partial charge in [-0.2, -0.15) is 4.98 Å². The van der Waals surface area contributed by atoms with E-state index in [1.807, 2.05) is 19.9 Å². The number of aromatic nitrogens is 3. The Morgan fingerprint density at radius 1 is 1.29 bits per heavy atom. The van der Waals surface area contributed by atoms with Crippen molar-refractivity contribution >= 4 is 5.91 Å². The molecule has 1 N–H and O–H groups in total. The number of nitrogens with one attached hydrogen (secondary N) is 1. The van der Waals surface area contributed by atoms with E-state index in [1.165, 1.54) is 12.8 Å². The Balaban J connectivity index is 1.54. The summed E-state index contributed by atoms with van der Waals surface area (Å²) in [6.45, 7) is 6.73. The summed E-state index contributed by atoms with van der Waals surface area (Å²) >= 11 is 0. The Kier molecular flexibility index (Phi) is 5.05. The number of carbonyl (C=O) groups excluding carboxylic acids is 1. The Hall–Kier alpha value is -2.48. The van der Waals surface area contributed by atoms with Crippen LogP contribution in [0.1, 0.15) is 73.4 Å². The molecular formula is C20H26N4O4. The van der Waals surface area contributed by atoms with Crippen LogP contribution in [-0.4, -0.2) is 34.2 Å². The molecule has 1 saturated carbocycles. The minimum absolute atomic E-state index is 0.0161. The first-order valence-corrected chi connectivity index (χ1v) is 9.81. The number of nitrogens with zero attached hydrogens (tertiary/aromatic N) is 3. The van der Waals surface area contributed by atoms with Gasteiger partial charge >= 0.3 is 0 Å². The number of pyridine rings is 1. The van der Waals surface area contributed by atoms with Gasteiger partial charge in [0.05, 0.1) is 18.2 Å². The summed E-state index contributed by atoms with van der Waals surface area (Å²) in [5, 5.41) is 6.83. The van der Waals surface area contributed by atoms with Crippen LogP contribution in [0.3, 0.4) is 0 Å². The Labute approximate surface area is 164 Å². The fourth-order valence-corrected chi connectivity index (χ4v) is 3.20. The van der Waals surface area contributed by atoms with Crippen molar-refractivity contribution in [3.63, 3.8) is 0 Å². The van der Waals surface area contributed by atoms with Gasteiger partial charge in [-0.1, -0.05) is 5.16 Å². The molecule has 3 heterocycles. The molecule has 150 valence electrons. The minimum atomic E-state index is -0.793. The molecule has 2 aromatic heterocycles. The molecule has 1 amide bonds. The van der Waals surface area contributed by atoms with E-state index in [0.717, 1.165) is 25.0 Å². The molecule has 0 radical (unpaired) electrons. The smallest absolute Gasteiger partial charge is 0.270 e. The number of carbonyl (C=O) groups is 1. The van der Waals surface area contributed by atoms with Crippen molar-refractivity contribution < 1.29 is 18.8 Å². The highest BCUT2D eigenvalue weighted by atomic mass is 16.5. The molecule has 0 aromatic carbocycles. The first kappa shape index (κ1) is 18.9. The molecular weight excluding hydrogens is 360 g/mol. The maximum Gasteiger partial charge on any atom is 0.270 e. The van der Waals surface area contributed by atoms with Crippen LogP contribution in [-0.2, 0) is 10.3 Å². The van der Waals surface area contributed by atoms with Gasteiger partial charge in [0.15, 0.2) is 5.82 Å². The summed E-state index contributed by atoms with van der Waals surface area (Å²) in [7, 11) is 0. The Morgan fingerprint density at radius 2 is 2.11 bits per heavy atom. The zero-order chi connectivity index (χ0) is 19.7. The normalized spacial score (nSPS) is 19.6. The molecule has 1 atom stereocenters. The molecule has 28 heavy (non-hydrogen) atoms. The SMILES string of the molecule is Cc1nc(C(C)(C)NC(=O)c2ccc(C3CCCO3)c(OCC3CC3)n2)no1. The summed E-state index contributed by atoms with van der Waals surface area (Å²) in [5.41, 5.74) is 0.419. The molecule has 8 heteroatoms. The summed E-state index contributed by atoms with van der Waals surface area (Å²) in [4.78, 5) is 21.6. The minimum Gasteiger partial charge on any atom is -0.477 e. The van der Waals surface area contributed by atoms with Crippen molar-refractivity contribution in [3.8, 4) is 5.88 Å². The van der Waals surface area contributed by atoms with Gasteiger partial charge < -0.3 is 19.3 Å². The monoisotopic (exact) mass is 386 g/mol. The fourth-order valence-electron chi connectivity index (χ4n) is 3.20. The third kappa shape index (κ3) is 4.16. The standard InChI is InChI=1S/C20H26N4O4/c1-12-21-19(24-28-12)20(2,3)23-17(25)15-9-8-14(16-5-4-10-26-16)18(22-15)27-11-13-6-7-13/h8-9,13,16H,4-7,10-11H2,1-3H3,(H,23,25). The molecule has 0 spiro atoms. The van der Waals surface area contributed by atoms with Crippen molar-refractivity contribution in [3.05, 3.63) is 35.1 Å². The van der Waals surface area contributed by atoms with Crippen LogP contribution >= 0.6 is 0 Å². The van der Waals surface area contributed by atoms with E-state index >= 15 is 0 Å². The second-order valence-corrected chi connectivity index (χ2v) is 8.06. The van der Waals surface area contributed by atoms with E-state index in [4.69, 9.17) is 14.0 Å². The van der Waals surface area contributed by atoms with E-state index < -0.39 is 5.54 Å². The largest absolute Gasteiger partial charge is 0.477 e. The van der Waals surface area contributed by atoms with E-state index in [0.29, 0.717) is 35.8 Å². The van der Waals surface area contributed by atoms with Gasteiger partial charge in [-0.3, -0.25) is 4.79 Å². The first-order valence-electron chi connectivity index (χ1n) is 9.81. The van der Waals surface area contributed by atoms with Gasteiger partial charge in [0, 0.05) is 19.1 Å². The summed E-state index contributed by atoms with van der Waals surface area (Å²) in [6.07, 6.45) is 4.32. The first-order chi connectivity index (χ1) is 13.4. The molecule has 1 aliphatic carbocycles. The van der Waals surface area contributed by atoms with E-state index in [2.05, 4.69) is 20.4 Å². The van der Waals surface area contributed by atoms with Crippen molar-refractivity contribution in [2.75, 3.05) is 13.2 Å². The lowest BCUT2D eigenvalue weighted by molar-refractivity contribution is 0.0898. The quantitative estimate of drug-likeness (QED) is 0.780. The lowest BCUT2D eigenvalue weighted by Gasteiger charge is -2.22. The Morgan fingerprint density at radius 3 is 2.75 bits per heavy atom. The van der Waals surface area contributed by atoms with E-state index in [9.17, 15) is 4.79 Å². The van der Waals surface area contributed by atoms with E-state index in [1.54, 1.807) is 13.0 Å².